The molecule has 1 fully saturated rings. The molecule has 0 radical (unpaired) electrons. The van der Waals surface area contributed by atoms with E-state index in [-0.39, 0.29) is 29.3 Å². The van der Waals surface area contributed by atoms with Crippen LogP contribution < -0.4 is 5.32 Å². The number of amides is 1. The van der Waals surface area contributed by atoms with Crippen LogP contribution in [0.5, 0.6) is 0 Å². The Bertz CT molecular complexity index is 1100. The zero-order chi connectivity index (χ0) is 24.7. The van der Waals surface area contributed by atoms with Gasteiger partial charge in [-0.1, -0.05) is 18.2 Å². The Morgan fingerprint density at radius 2 is 1.58 bits per heavy atom. The number of sulfone groups is 1. The van der Waals surface area contributed by atoms with Crippen LogP contribution in [-0.4, -0.2) is 42.5 Å². The second kappa shape index (κ2) is 8.60. The molecule has 6 nitrogen and oxygen atoms in total. The number of carbonyl (C=O) groups is 1. The van der Waals surface area contributed by atoms with Gasteiger partial charge in [0.2, 0.25) is 0 Å². The van der Waals surface area contributed by atoms with Crippen molar-refractivity contribution < 1.29 is 44.7 Å². The molecule has 0 atom stereocenters. The Balaban J connectivity index is 1.66. The molecule has 1 aliphatic rings. The molecule has 1 heterocycles. The summed E-state index contributed by atoms with van der Waals surface area (Å²) in [6, 6.07) is 6.68. The summed E-state index contributed by atoms with van der Waals surface area (Å²) in [6.07, 6.45) is -10.2. The molecule has 3 rings (SSSR count). The van der Waals surface area contributed by atoms with Crippen LogP contribution in [0.25, 0.3) is 0 Å². The number of halogens is 6. The fourth-order valence-corrected chi connectivity index (χ4v) is 4.71. The quantitative estimate of drug-likeness (QED) is 0.572. The average Bonchev–Trinajstić information content (AvgIpc) is 3.53. The Morgan fingerprint density at radius 3 is 2.03 bits per heavy atom. The van der Waals surface area contributed by atoms with Gasteiger partial charge in [-0.15, -0.1) is 0 Å². The molecule has 0 aliphatic heterocycles. The number of aliphatic hydroxyl groups is 1. The van der Waals surface area contributed by atoms with E-state index in [1.54, 1.807) is 0 Å². The SMILES string of the molecule is O=C(NCc1ccc(S(=O)(=O)CC2CC2)cc1)c1ccc(C(O)(C(F)(F)F)C(F)(F)F)cn1. The van der Waals surface area contributed by atoms with Crippen molar-refractivity contribution in [2.24, 2.45) is 5.92 Å². The summed E-state index contributed by atoms with van der Waals surface area (Å²) in [5, 5.41) is 11.7. The van der Waals surface area contributed by atoms with Gasteiger partial charge < -0.3 is 10.4 Å². The molecule has 13 heteroatoms. The van der Waals surface area contributed by atoms with E-state index in [0.29, 0.717) is 17.7 Å². The first-order valence-corrected chi connectivity index (χ1v) is 11.2. The van der Waals surface area contributed by atoms with Gasteiger partial charge in [-0.2, -0.15) is 26.3 Å². The maximum Gasteiger partial charge on any atom is 0.430 e. The Hall–Kier alpha value is -2.67. The molecule has 1 aromatic heterocycles. The van der Waals surface area contributed by atoms with Crippen LogP contribution in [0.3, 0.4) is 0 Å². The topological polar surface area (TPSA) is 96.4 Å². The number of aromatic nitrogens is 1. The second-order valence-electron chi connectivity index (χ2n) is 7.69. The van der Waals surface area contributed by atoms with Crippen LogP contribution in [0, 0.1) is 5.92 Å². The first kappa shape index (κ1) is 25.0. The van der Waals surface area contributed by atoms with Gasteiger partial charge in [0.05, 0.1) is 10.6 Å². The molecule has 0 spiro atoms. The normalized spacial score (nSPS) is 15.4. The minimum atomic E-state index is -6.06. The van der Waals surface area contributed by atoms with E-state index in [1.807, 2.05) is 0 Å². The molecular weight excluding hydrogens is 478 g/mol. The molecular formula is C20H18F6N2O4S. The molecule has 1 aliphatic carbocycles. The maximum absolute atomic E-state index is 12.9. The lowest BCUT2D eigenvalue weighted by Gasteiger charge is -2.32. The van der Waals surface area contributed by atoms with E-state index >= 15 is 0 Å². The summed E-state index contributed by atoms with van der Waals surface area (Å²) >= 11 is 0. The Labute approximate surface area is 184 Å². The van der Waals surface area contributed by atoms with E-state index in [0.717, 1.165) is 12.8 Å². The molecule has 1 saturated carbocycles. The summed E-state index contributed by atoms with van der Waals surface area (Å²) in [4.78, 5) is 15.6. The van der Waals surface area contributed by atoms with Crippen molar-refractivity contribution >= 4 is 15.7 Å². The molecule has 33 heavy (non-hydrogen) atoms. The van der Waals surface area contributed by atoms with Gasteiger partial charge in [-0.25, -0.2) is 8.42 Å². The monoisotopic (exact) mass is 496 g/mol. The van der Waals surface area contributed by atoms with E-state index in [4.69, 9.17) is 0 Å². The number of benzene rings is 1. The minimum Gasteiger partial charge on any atom is -0.369 e. The molecule has 2 N–H and O–H groups in total. The fourth-order valence-electron chi connectivity index (χ4n) is 3.01. The van der Waals surface area contributed by atoms with Crippen molar-refractivity contribution in [3.8, 4) is 0 Å². The van der Waals surface area contributed by atoms with Crippen LogP contribution in [0.2, 0.25) is 0 Å². The highest BCUT2D eigenvalue weighted by Gasteiger charge is 2.71. The summed E-state index contributed by atoms with van der Waals surface area (Å²) in [6.45, 7) is -0.0970. The van der Waals surface area contributed by atoms with Crippen LogP contribution in [0.15, 0.2) is 47.5 Å². The highest BCUT2D eigenvalue weighted by molar-refractivity contribution is 7.91. The average molecular weight is 496 g/mol. The summed E-state index contributed by atoms with van der Waals surface area (Å²) < 4.78 is 102. The van der Waals surface area contributed by atoms with E-state index in [2.05, 4.69) is 10.3 Å². The smallest absolute Gasteiger partial charge is 0.369 e. The first-order chi connectivity index (χ1) is 15.1. The number of carbonyl (C=O) groups excluding carboxylic acids is 1. The Kier molecular flexibility index (Phi) is 6.50. The van der Waals surface area contributed by atoms with Crippen molar-refractivity contribution in [3.05, 3.63) is 59.4 Å². The van der Waals surface area contributed by atoms with E-state index < -0.39 is 45.0 Å². The third kappa shape index (κ3) is 5.29. The zero-order valence-corrected chi connectivity index (χ0v) is 17.6. The molecule has 0 saturated heterocycles. The van der Waals surface area contributed by atoms with Crippen molar-refractivity contribution in [3.63, 3.8) is 0 Å². The lowest BCUT2D eigenvalue weighted by molar-refractivity contribution is -0.376. The number of hydrogen-bond donors (Lipinski definition) is 2. The van der Waals surface area contributed by atoms with Gasteiger partial charge in [-0.3, -0.25) is 9.78 Å². The summed E-state index contributed by atoms with van der Waals surface area (Å²) in [7, 11) is -3.40. The molecule has 2 aromatic rings. The number of hydrogen-bond acceptors (Lipinski definition) is 5. The third-order valence-electron chi connectivity index (χ3n) is 5.12. The predicted molar refractivity (Wildman–Crippen MR) is 103 cm³/mol. The van der Waals surface area contributed by atoms with Gasteiger partial charge >= 0.3 is 12.4 Å². The van der Waals surface area contributed by atoms with Gasteiger partial charge in [0.25, 0.3) is 11.5 Å². The van der Waals surface area contributed by atoms with Crippen LogP contribution in [-0.2, 0) is 22.0 Å². The first-order valence-electron chi connectivity index (χ1n) is 9.57. The predicted octanol–water partition coefficient (Wildman–Crippen LogP) is 3.51. The minimum absolute atomic E-state index is 0.0720. The lowest BCUT2D eigenvalue weighted by atomic mass is 9.93. The highest BCUT2D eigenvalue weighted by Crippen LogP contribution is 2.49. The van der Waals surface area contributed by atoms with Gasteiger partial charge in [0.15, 0.2) is 9.84 Å². The molecule has 1 aromatic carbocycles. The van der Waals surface area contributed by atoms with Crippen LogP contribution in [0.1, 0.15) is 34.5 Å². The number of nitrogens with zero attached hydrogens (tertiary/aromatic N) is 1. The molecule has 1 amide bonds. The van der Waals surface area contributed by atoms with Crippen molar-refractivity contribution in [1.82, 2.24) is 10.3 Å². The number of rotatable bonds is 7. The molecule has 180 valence electrons. The zero-order valence-electron chi connectivity index (χ0n) is 16.7. The second-order valence-corrected chi connectivity index (χ2v) is 9.72. The van der Waals surface area contributed by atoms with Crippen molar-refractivity contribution in [1.29, 1.82) is 0 Å². The molecule has 0 bridgehead atoms. The number of alkyl halides is 6. The van der Waals surface area contributed by atoms with Crippen molar-refractivity contribution in [2.45, 2.75) is 42.2 Å². The largest absolute Gasteiger partial charge is 0.430 e. The number of pyridine rings is 1. The van der Waals surface area contributed by atoms with Gasteiger partial charge in [0, 0.05) is 18.3 Å². The van der Waals surface area contributed by atoms with E-state index in [1.165, 1.54) is 24.3 Å². The fraction of sp³-hybridized carbons (Fsp3) is 0.400. The number of nitrogens with one attached hydrogen (secondary N) is 1. The van der Waals surface area contributed by atoms with Gasteiger partial charge in [0.1, 0.15) is 5.69 Å². The summed E-state index contributed by atoms with van der Waals surface area (Å²) in [5.74, 6) is -0.645. The highest BCUT2D eigenvalue weighted by atomic mass is 32.2. The van der Waals surface area contributed by atoms with E-state index in [9.17, 15) is 44.7 Å². The summed E-state index contributed by atoms with van der Waals surface area (Å²) in [5.41, 5.74) is -6.69. The Morgan fingerprint density at radius 1 is 1.00 bits per heavy atom. The molecule has 0 unspecified atom stereocenters. The van der Waals surface area contributed by atoms with Crippen molar-refractivity contribution in [2.75, 3.05) is 5.75 Å². The van der Waals surface area contributed by atoms with Crippen LogP contribution >= 0.6 is 0 Å². The third-order valence-corrected chi connectivity index (χ3v) is 7.02. The van der Waals surface area contributed by atoms with Gasteiger partial charge in [-0.05, 0) is 42.5 Å². The standard InChI is InChI=1S/C20H18F6N2O4S/c21-19(22,23)18(30,20(24,25)26)14-5-8-16(27-10-14)17(29)28-9-12-3-6-15(7-4-12)33(31,32)11-13-1-2-13/h3-8,10,13,30H,1-2,9,11H2,(H,28,29). The van der Waals surface area contributed by atoms with Crippen LogP contribution in [0.4, 0.5) is 26.3 Å². The maximum atomic E-state index is 12.9. The lowest BCUT2D eigenvalue weighted by Crippen LogP contribution is -2.54.